The number of halogens is 4. The highest BCUT2D eigenvalue weighted by Gasteiger charge is 2.36. The molecule has 0 spiro atoms. The van der Waals surface area contributed by atoms with Crippen LogP contribution in [0.15, 0.2) is 42.5 Å². The highest BCUT2D eigenvalue weighted by Crippen LogP contribution is 2.37. The summed E-state index contributed by atoms with van der Waals surface area (Å²) in [6.45, 7) is 3.13. The highest BCUT2D eigenvalue weighted by atomic mass is 35.5. The first kappa shape index (κ1) is 27.5. The van der Waals surface area contributed by atoms with E-state index in [1.165, 1.54) is 48.0 Å². The van der Waals surface area contributed by atoms with Crippen molar-refractivity contribution in [2.75, 3.05) is 18.6 Å². The summed E-state index contributed by atoms with van der Waals surface area (Å²) in [5.41, 5.74) is -2.19. The third-order valence-electron chi connectivity index (χ3n) is 5.20. The van der Waals surface area contributed by atoms with E-state index in [2.05, 4.69) is 15.5 Å². The molecule has 0 unspecified atom stereocenters. The molecule has 1 heterocycles. The van der Waals surface area contributed by atoms with Gasteiger partial charge in [0, 0.05) is 30.4 Å². The smallest absolute Gasteiger partial charge is 0.417 e. The fourth-order valence-electron chi connectivity index (χ4n) is 3.55. The van der Waals surface area contributed by atoms with Gasteiger partial charge in [0.1, 0.15) is 15.6 Å². The van der Waals surface area contributed by atoms with Gasteiger partial charge in [-0.3, -0.25) is 4.79 Å². The number of nitrogens with zero attached hydrogens (tertiary/aromatic N) is 3. The molecule has 0 atom stereocenters. The van der Waals surface area contributed by atoms with Crippen molar-refractivity contribution in [1.82, 2.24) is 20.1 Å². The lowest BCUT2D eigenvalue weighted by Crippen LogP contribution is -2.32. The molecule has 0 aliphatic heterocycles. The maximum absolute atomic E-state index is 13.5. The summed E-state index contributed by atoms with van der Waals surface area (Å²) in [4.78, 5) is 12.7. The quantitative estimate of drug-likeness (QED) is 0.455. The maximum atomic E-state index is 13.5. The van der Waals surface area contributed by atoms with Crippen molar-refractivity contribution in [1.29, 1.82) is 0 Å². The summed E-state index contributed by atoms with van der Waals surface area (Å²) >= 11 is 6.05. The van der Waals surface area contributed by atoms with Gasteiger partial charge >= 0.3 is 6.18 Å². The Morgan fingerprint density at radius 3 is 2.44 bits per heavy atom. The number of aromatic nitrogens is 3. The Balaban J connectivity index is 1.93. The molecule has 13 heteroatoms. The minimum absolute atomic E-state index is 0.00977. The van der Waals surface area contributed by atoms with Gasteiger partial charge in [-0.05, 0) is 38.1 Å². The van der Waals surface area contributed by atoms with Gasteiger partial charge in [0.15, 0.2) is 17.2 Å². The molecule has 1 amide bonds. The van der Waals surface area contributed by atoms with Gasteiger partial charge in [-0.1, -0.05) is 29.8 Å². The fourth-order valence-corrected chi connectivity index (χ4v) is 4.19. The lowest BCUT2D eigenvalue weighted by atomic mass is 10.1. The van der Waals surface area contributed by atoms with Crippen molar-refractivity contribution >= 4 is 27.3 Å². The van der Waals surface area contributed by atoms with Crippen molar-refractivity contribution < 1.29 is 31.1 Å². The number of rotatable bonds is 8. The Kier molecular flexibility index (Phi) is 7.70. The van der Waals surface area contributed by atoms with Crippen LogP contribution in [0.4, 0.5) is 13.2 Å². The van der Waals surface area contributed by atoms with E-state index in [-0.39, 0.29) is 45.8 Å². The van der Waals surface area contributed by atoms with E-state index in [1.54, 1.807) is 13.8 Å². The molecule has 36 heavy (non-hydrogen) atoms. The molecule has 1 N–H and O–H groups in total. The SMILES string of the molecule is Cn1c(-c2ccccc2C(F)(F)F)nnc1C(C)(C)Oc1ccc(Cl)cc1C(=O)NCCS(C)(=O)=O. The molecule has 1 aromatic heterocycles. The number of benzene rings is 2. The van der Waals surface area contributed by atoms with E-state index < -0.39 is 33.1 Å². The molecule has 3 aromatic rings. The molecule has 0 radical (unpaired) electrons. The number of alkyl halides is 3. The summed E-state index contributed by atoms with van der Waals surface area (Å²) in [6, 6.07) is 9.37. The van der Waals surface area contributed by atoms with Crippen LogP contribution in [0.25, 0.3) is 11.4 Å². The normalized spacial score (nSPS) is 12.4. The Morgan fingerprint density at radius 2 is 1.81 bits per heavy atom. The molecule has 0 saturated heterocycles. The first-order chi connectivity index (χ1) is 16.6. The van der Waals surface area contributed by atoms with Crippen molar-refractivity contribution in [3.63, 3.8) is 0 Å². The van der Waals surface area contributed by atoms with Crippen LogP contribution in [0, 0.1) is 0 Å². The second kappa shape index (κ2) is 10.1. The first-order valence-electron chi connectivity index (χ1n) is 10.6. The summed E-state index contributed by atoms with van der Waals surface area (Å²) < 4.78 is 70.8. The summed E-state index contributed by atoms with van der Waals surface area (Å²) in [6.07, 6.45) is -3.53. The molecule has 2 aromatic carbocycles. The minimum atomic E-state index is -4.59. The topological polar surface area (TPSA) is 103 Å². The molecular weight excluding hydrogens is 521 g/mol. The maximum Gasteiger partial charge on any atom is 0.417 e. The van der Waals surface area contributed by atoms with Gasteiger partial charge in [-0.25, -0.2) is 8.42 Å². The fraction of sp³-hybridized carbons (Fsp3) is 0.348. The van der Waals surface area contributed by atoms with Crippen LogP contribution in [-0.4, -0.2) is 47.6 Å². The number of nitrogens with one attached hydrogen (secondary N) is 1. The molecule has 0 aliphatic carbocycles. The predicted molar refractivity (Wildman–Crippen MR) is 129 cm³/mol. The molecule has 0 aliphatic rings. The Bertz CT molecular complexity index is 1390. The van der Waals surface area contributed by atoms with Gasteiger partial charge < -0.3 is 14.6 Å². The standard InChI is InChI=1S/C23H24ClF3N4O4S/c1-22(2,21-30-29-19(31(21)3)15-7-5-6-8-17(15)23(25,26)27)35-18-10-9-14(24)13-16(18)20(32)28-11-12-36(4,33)34/h5-10,13H,11-12H2,1-4H3,(H,28,32). The van der Waals surface area contributed by atoms with Crippen LogP contribution in [0.1, 0.15) is 35.6 Å². The van der Waals surface area contributed by atoms with Crippen LogP contribution < -0.4 is 10.1 Å². The third kappa shape index (κ3) is 6.35. The van der Waals surface area contributed by atoms with Crippen LogP contribution in [0.3, 0.4) is 0 Å². The Hall–Kier alpha value is -3.12. The van der Waals surface area contributed by atoms with Crippen molar-refractivity contribution in [3.8, 4) is 17.1 Å². The number of hydrogen-bond donors (Lipinski definition) is 1. The van der Waals surface area contributed by atoms with Crippen LogP contribution >= 0.6 is 11.6 Å². The zero-order valence-electron chi connectivity index (χ0n) is 19.9. The molecule has 8 nitrogen and oxygen atoms in total. The lowest BCUT2D eigenvalue weighted by Gasteiger charge is -2.27. The van der Waals surface area contributed by atoms with Gasteiger partial charge in [-0.15, -0.1) is 10.2 Å². The van der Waals surface area contributed by atoms with Gasteiger partial charge in [-0.2, -0.15) is 13.2 Å². The molecule has 0 fully saturated rings. The summed E-state index contributed by atoms with van der Waals surface area (Å²) in [5, 5.41) is 10.8. The van der Waals surface area contributed by atoms with Crippen molar-refractivity contribution in [2.24, 2.45) is 7.05 Å². The van der Waals surface area contributed by atoms with E-state index in [9.17, 15) is 26.4 Å². The van der Waals surface area contributed by atoms with Crippen LogP contribution in [-0.2, 0) is 28.7 Å². The zero-order valence-corrected chi connectivity index (χ0v) is 21.4. The highest BCUT2D eigenvalue weighted by molar-refractivity contribution is 7.90. The average molecular weight is 545 g/mol. The molecular formula is C23H24ClF3N4O4S. The zero-order chi connectivity index (χ0) is 26.9. The number of hydrogen-bond acceptors (Lipinski definition) is 6. The second-order valence-corrected chi connectivity index (χ2v) is 11.3. The molecule has 0 bridgehead atoms. The van der Waals surface area contributed by atoms with E-state index in [4.69, 9.17) is 16.3 Å². The number of ether oxygens (including phenoxy) is 1. The van der Waals surface area contributed by atoms with E-state index in [0.29, 0.717) is 0 Å². The summed E-state index contributed by atoms with van der Waals surface area (Å²) in [5.74, 6) is -0.550. The predicted octanol–water partition coefficient (Wildman–Crippen LogP) is 4.24. The lowest BCUT2D eigenvalue weighted by molar-refractivity contribution is -0.137. The second-order valence-electron chi connectivity index (χ2n) is 8.59. The van der Waals surface area contributed by atoms with Crippen molar-refractivity contribution in [3.05, 3.63) is 64.4 Å². The number of amides is 1. The van der Waals surface area contributed by atoms with E-state index in [0.717, 1.165) is 12.3 Å². The Morgan fingerprint density at radius 1 is 1.14 bits per heavy atom. The minimum Gasteiger partial charge on any atom is -0.479 e. The molecule has 194 valence electrons. The third-order valence-corrected chi connectivity index (χ3v) is 6.38. The largest absolute Gasteiger partial charge is 0.479 e. The molecule has 3 rings (SSSR count). The van der Waals surface area contributed by atoms with Gasteiger partial charge in [0.05, 0.1) is 16.9 Å². The van der Waals surface area contributed by atoms with E-state index in [1.807, 2.05) is 0 Å². The number of sulfone groups is 1. The molecule has 0 saturated carbocycles. The monoisotopic (exact) mass is 544 g/mol. The van der Waals surface area contributed by atoms with Gasteiger partial charge in [0.2, 0.25) is 0 Å². The van der Waals surface area contributed by atoms with Gasteiger partial charge in [0.25, 0.3) is 5.91 Å². The Labute approximate surface area is 211 Å². The number of carbonyl (C=O) groups excluding carboxylic acids is 1. The van der Waals surface area contributed by atoms with Crippen LogP contribution in [0.5, 0.6) is 5.75 Å². The number of carbonyl (C=O) groups is 1. The van der Waals surface area contributed by atoms with Crippen molar-refractivity contribution in [2.45, 2.75) is 25.6 Å². The van der Waals surface area contributed by atoms with E-state index >= 15 is 0 Å². The first-order valence-corrected chi connectivity index (χ1v) is 13.0. The van der Waals surface area contributed by atoms with Crippen LogP contribution in [0.2, 0.25) is 5.02 Å². The summed E-state index contributed by atoms with van der Waals surface area (Å²) in [7, 11) is -1.77. The average Bonchev–Trinajstić information content (AvgIpc) is 3.15.